The van der Waals surface area contributed by atoms with Crippen molar-refractivity contribution in [3.05, 3.63) is 84.6 Å². The molecule has 150 valence electrons. The number of amides is 2. The van der Waals surface area contributed by atoms with E-state index in [-0.39, 0.29) is 6.03 Å². The van der Waals surface area contributed by atoms with E-state index in [2.05, 4.69) is 25.9 Å². The van der Waals surface area contributed by atoms with Crippen LogP contribution in [0.2, 0.25) is 0 Å². The molecule has 3 aromatic carbocycles. The summed E-state index contributed by atoms with van der Waals surface area (Å²) >= 11 is 1.66. The maximum absolute atomic E-state index is 12.3. The molecule has 7 heteroatoms. The number of fused-ring (bicyclic) bond motifs is 1. The fourth-order valence-corrected chi connectivity index (χ4v) is 3.37. The summed E-state index contributed by atoms with van der Waals surface area (Å²) in [5.41, 5.74) is 4.20. The SMILES string of the molecule is CSc1ccc(NC(=O)Nc2cccc(CNc3cnc4ccccc4n3)c2)cc1. The van der Waals surface area contributed by atoms with Crippen LogP contribution >= 0.6 is 11.8 Å². The number of nitrogens with zero attached hydrogens (tertiary/aromatic N) is 2. The normalized spacial score (nSPS) is 10.6. The molecule has 0 bridgehead atoms. The quantitative estimate of drug-likeness (QED) is 0.357. The van der Waals surface area contributed by atoms with Crippen LogP contribution in [0.4, 0.5) is 22.0 Å². The molecule has 4 rings (SSSR count). The largest absolute Gasteiger partial charge is 0.365 e. The van der Waals surface area contributed by atoms with Crippen molar-refractivity contribution in [2.24, 2.45) is 0 Å². The number of thioether (sulfide) groups is 1. The van der Waals surface area contributed by atoms with Crippen molar-refractivity contribution in [1.29, 1.82) is 0 Å². The Hall–Kier alpha value is -3.58. The van der Waals surface area contributed by atoms with Gasteiger partial charge in [-0.05, 0) is 60.4 Å². The molecule has 0 saturated carbocycles. The van der Waals surface area contributed by atoms with Crippen molar-refractivity contribution < 1.29 is 4.79 Å². The summed E-state index contributed by atoms with van der Waals surface area (Å²) in [5.74, 6) is 0.707. The lowest BCUT2D eigenvalue weighted by Crippen LogP contribution is -2.19. The third-order valence-electron chi connectivity index (χ3n) is 4.45. The molecule has 0 unspecified atom stereocenters. The number of para-hydroxylation sites is 2. The van der Waals surface area contributed by atoms with Gasteiger partial charge in [0, 0.05) is 22.8 Å². The smallest absolute Gasteiger partial charge is 0.323 e. The third-order valence-corrected chi connectivity index (χ3v) is 5.20. The first kappa shape index (κ1) is 19.7. The van der Waals surface area contributed by atoms with E-state index in [1.165, 1.54) is 0 Å². The molecule has 1 heterocycles. The van der Waals surface area contributed by atoms with E-state index in [9.17, 15) is 4.79 Å². The second-order valence-corrected chi connectivity index (χ2v) is 7.49. The summed E-state index contributed by atoms with van der Waals surface area (Å²) in [6.45, 7) is 0.570. The number of aromatic nitrogens is 2. The maximum atomic E-state index is 12.3. The van der Waals surface area contributed by atoms with Gasteiger partial charge in [-0.1, -0.05) is 24.3 Å². The van der Waals surface area contributed by atoms with Crippen LogP contribution in [0.5, 0.6) is 0 Å². The summed E-state index contributed by atoms with van der Waals surface area (Å²) in [4.78, 5) is 22.4. The highest BCUT2D eigenvalue weighted by Gasteiger charge is 2.05. The second kappa shape index (κ2) is 9.28. The van der Waals surface area contributed by atoms with Gasteiger partial charge in [0.25, 0.3) is 0 Å². The molecule has 0 radical (unpaired) electrons. The Morgan fingerprint density at radius 3 is 2.47 bits per heavy atom. The number of anilines is 3. The lowest BCUT2D eigenvalue weighted by atomic mass is 10.2. The zero-order valence-electron chi connectivity index (χ0n) is 16.4. The maximum Gasteiger partial charge on any atom is 0.323 e. The Bertz CT molecular complexity index is 1160. The van der Waals surface area contributed by atoms with Crippen molar-refractivity contribution in [3.8, 4) is 0 Å². The highest BCUT2D eigenvalue weighted by molar-refractivity contribution is 7.98. The number of benzene rings is 3. The number of carbonyl (C=O) groups excluding carboxylic acids is 1. The molecule has 0 saturated heterocycles. The minimum atomic E-state index is -0.280. The minimum absolute atomic E-state index is 0.280. The van der Waals surface area contributed by atoms with Crippen LogP contribution in [0.15, 0.2) is 83.9 Å². The Balaban J connectivity index is 1.36. The zero-order valence-corrected chi connectivity index (χ0v) is 17.2. The number of nitrogens with one attached hydrogen (secondary N) is 3. The average Bonchev–Trinajstić information content (AvgIpc) is 2.78. The number of hydrogen-bond acceptors (Lipinski definition) is 5. The molecular formula is C23H21N5OS. The monoisotopic (exact) mass is 415 g/mol. The number of hydrogen-bond donors (Lipinski definition) is 3. The van der Waals surface area contributed by atoms with Crippen LogP contribution in [0, 0.1) is 0 Å². The van der Waals surface area contributed by atoms with E-state index in [1.54, 1.807) is 18.0 Å². The lowest BCUT2D eigenvalue weighted by molar-refractivity contribution is 0.262. The van der Waals surface area contributed by atoms with E-state index in [1.807, 2.05) is 79.1 Å². The standard InChI is InChI=1S/C23H21N5OS/c1-30-19-11-9-17(10-12-19)26-23(29)27-18-6-4-5-16(13-18)14-25-22-15-24-20-7-2-3-8-21(20)28-22/h2-13,15H,14H2,1H3,(H,25,28)(H2,26,27,29). The van der Waals surface area contributed by atoms with E-state index in [0.717, 1.165) is 32.9 Å². The van der Waals surface area contributed by atoms with Crippen molar-refractivity contribution in [2.75, 3.05) is 22.2 Å². The molecule has 3 N–H and O–H groups in total. The Morgan fingerprint density at radius 1 is 0.900 bits per heavy atom. The first-order chi connectivity index (χ1) is 14.7. The molecule has 0 fully saturated rings. The topological polar surface area (TPSA) is 78.9 Å². The van der Waals surface area contributed by atoms with Crippen molar-refractivity contribution in [1.82, 2.24) is 9.97 Å². The predicted octanol–water partition coefficient (Wildman–Crippen LogP) is 5.61. The lowest BCUT2D eigenvalue weighted by Gasteiger charge is -2.10. The van der Waals surface area contributed by atoms with Crippen LogP contribution in [-0.2, 0) is 6.54 Å². The van der Waals surface area contributed by atoms with Crippen LogP contribution in [-0.4, -0.2) is 22.3 Å². The summed E-state index contributed by atoms with van der Waals surface area (Å²) in [6.07, 6.45) is 3.74. The molecule has 0 aliphatic carbocycles. The van der Waals surface area contributed by atoms with Crippen LogP contribution in [0.1, 0.15) is 5.56 Å². The second-order valence-electron chi connectivity index (χ2n) is 6.61. The molecule has 0 spiro atoms. The summed E-state index contributed by atoms with van der Waals surface area (Å²) in [5, 5.41) is 8.99. The Kier molecular flexibility index (Phi) is 6.10. The van der Waals surface area contributed by atoms with Crippen molar-refractivity contribution in [3.63, 3.8) is 0 Å². The molecule has 6 nitrogen and oxygen atoms in total. The predicted molar refractivity (Wildman–Crippen MR) is 124 cm³/mol. The van der Waals surface area contributed by atoms with E-state index in [4.69, 9.17) is 0 Å². The number of rotatable bonds is 6. The van der Waals surface area contributed by atoms with Gasteiger partial charge in [-0.2, -0.15) is 0 Å². The van der Waals surface area contributed by atoms with E-state index >= 15 is 0 Å². The van der Waals surface area contributed by atoms with Gasteiger partial charge in [0.15, 0.2) is 0 Å². The Labute approximate surface area is 179 Å². The van der Waals surface area contributed by atoms with Gasteiger partial charge in [-0.3, -0.25) is 4.98 Å². The molecular weight excluding hydrogens is 394 g/mol. The zero-order chi connectivity index (χ0) is 20.8. The van der Waals surface area contributed by atoms with Crippen LogP contribution in [0.25, 0.3) is 11.0 Å². The van der Waals surface area contributed by atoms with Crippen molar-refractivity contribution >= 4 is 46.0 Å². The van der Waals surface area contributed by atoms with Crippen molar-refractivity contribution in [2.45, 2.75) is 11.4 Å². The number of carbonyl (C=O) groups is 1. The Morgan fingerprint density at radius 2 is 1.67 bits per heavy atom. The number of urea groups is 1. The van der Waals surface area contributed by atoms with Gasteiger partial charge in [-0.25, -0.2) is 9.78 Å². The fraction of sp³-hybridized carbons (Fsp3) is 0.0870. The summed E-state index contributed by atoms with van der Waals surface area (Å²) in [7, 11) is 0. The molecule has 0 atom stereocenters. The molecule has 0 aliphatic heterocycles. The van der Waals surface area contributed by atoms with Gasteiger partial charge in [-0.15, -0.1) is 11.8 Å². The van der Waals surface area contributed by atoms with Gasteiger partial charge in [0.2, 0.25) is 0 Å². The molecule has 2 amide bonds. The summed E-state index contributed by atoms with van der Waals surface area (Å²) < 4.78 is 0. The van der Waals surface area contributed by atoms with Gasteiger partial charge < -0.3 is 16.0 Å². The van der Waals surface area contributed by atoms with Gasteiger partial charge in [0.05, 0.1) is 17.2 Å². The molecule has 4 aromatic rings. The fourth-order valence-electron chi connectivity index (χ4n) is 2.96. The van der Waals surface area contributed by atoms with Gasteiger partial charge in [0.1, 0.15) is 5.82 Å². The summed E-state index contributed by atoms with van der Waals surface area (Å²) in [6, 6.07) is 22.9. The van der Waals surface area contributed by atoms with E-state index in [0.29, 0.717) is 12.4 Å². The highest BCUT2D eigenvalue weighted by Crippen LogP contribution is 2.18. The average molecular weight is 416 g/mol. The van der Waals surface area contributed by atoms with Crippen LogP contribution in [0.3, 0.4) is 0 Å². The first-order valence-corrected chi connectivity index (χ1v) is 10.7. The van der Waals surface area contributed by atoms with E-state index < -0.39 is 0 Å². The first-order valence-electron chi connectivity index (χ1n) is 9.46. The molecule has 1 aromatic heterocycles. The highest BCUT2D eigenvalue weighted by atomic mass is 32.2. The van der Waals surface area contributed by atoms with Gasteiger partial charge >= 0.3 is 6.03 Å². The molecule has 30 heavy (non-hydrogen) atoms. The third kappa shape index (κ3) is 5.07. The van der Waals surface area contributed by atoms with Crippen LogP contribution < -0.4 is 16.0 Å². The minimum Gasteiger partial charge on any atom is -0.365 e. The molecule has 0 aliphatic rings.